The second-order valence-corrected chi connectivity index (χ2v) is 5.09. The molecule has 0 aliphatic heterocycles. The van der Waals surface area contributed by atoms with E-state index in [9.17, 15) is 18.0 Å². The van der Waals surface area contributed by atoms with Crippen molar-refractivity contribution in [1.82, 2.24) is 4.90 Å². The van der Waals surface area contributed by atoms with Gasteiger partial charge in [-0.2, -0.15) is 0 Å². The lowest BCUT2D eigenvalue weighted by Crippen LogP contribution is -2.34. The molecule has 2 rings (SSSR count). The maximum atomic E-state index is 12.2. The molecule has 0 unspecified atom stereocenters. The second-order valence-electron chi connectivity index (χ2n) is 5.09. The summed E-state index contributed by atoms with van der Waals surface area (Å²) in [5.41, 5.74) is 0.197. The molecule has 1 N–H and O–H groups in total. The lowest BCUT2D eigenvalue weighted by atomic mass is 10.3. The molecule has 2 aromatic rings. The Hall–Kier alpha value is -2.90. The molecular formula is C17H17F3N2O3. The van der Waals surface area contributed by atoms with Gasteiger partial charge in [-0.25, -0.2) is 4.79 Å². The molecule has 0 aromatic heterocycles. The number of benzene rings is 2. The highest BCUT2D eigenvalue weighted by molar-refractivity contribution is 5.89. The number of rotatable bonds is 6. The van der Waals surface area contributed by atoms with Crippen molar-refractivity contribution in [2.45, 2.75) is 6.36 Å². The molecule has 5 nitrogen and oxygen atoms in total. The van der Waals surface area contributed by atoms with Gasteiger partial charge in [0.2, 0.25) is 0 Å². The number of nitrogens with zero attached hydrogens (tertiary/aromatic N) is 1. The van der Waals surface area contributed by atoms with Gasteiger partial charge in [-0.3, -0.25) is 0 Å². The molecule has 0 heterocycles. The van der Waals surface area contributed by atoms with E-state index in [2.05, 4.69) is 10.1 Å². The number of nitrogens with one attached hydrogen (secondary N) is 1. The third-order valence-corrected chi connectivity index (χ3v) is 3.10. The number of carbonyl (C=O) groups excluding carboxylic acids is 1. The molecule has 2 amide bonds. The van der Waals surface area contributed by atoms with Crippen LogP contribution in [0.5, 0.6) is 11.5 Å². The Morgan fingerprint density at radius 2 is 1.76 bits per heavy atom. The number of hydrogen-bond acceptors (Lipinski definition) is 3. The fourth-order valence-corrected chi connectivity index (χ4v) is 1.91. The molecule has 0 radical (unpaired) electrons. The first-order valence-electron chi connectivity index (χ1n) is 7.39. The summed E-state index contributed by atoms with van der Waals surface area (Å²) in [5.74, 6) is 0.286. The monoisotopic (exact) mass is 354 g/mol. The minimum absolute atomic E-state index is 0.197. The van der Waals surface area contributed by atoms with Gasteiger partial charge in [-0.1, -0.05) is 24.3 Å². The first-order chi connectivity index (χ1) is 11.8. The van der Waals surface area contributed by atoms with Gasteiger partial charge in [0.25, 0.3) is 0 Å². The lowest BCUT2D eigenvalue weighted by Gasteiger charge is -2.18. The maximum absolute atomic E-state index is 12.2. The summed E-state index contributed by atoms with van der Waals surface area (Å²) < 4.78 is 45.9. The van der Waals surface area contributed by atoms with Crippen LogP contribution in [0.4, 0.5) is 23.7 Å². The first kappa shape index (κ1) is 18.4. The van der Waals surface area contributed by atoms with Crippen molar-refractivity contribution >= 4 is 11.7 Å². The van der Waals surface area contributed by atoms with E-state index >= 15 is 0 Å². The van der Waals surface area contributed by atoms with Crippen LogP contribution in [-0.4, -0.2) is 37.5 Å². The summed E-state index contributed by atoms with van der Waals surface area (Å²) in [5, 5.41) is 2.50. The molecule has 8 heteroatoms. The van der Waals surface area contributed by atoms with Crippen LogP contribution in [0.25, 0.3) is 0 Å². The van der Waals surface area contributed by atoms with Gasteiger partial charge in [-0.15, -0.1) is 13.2 Å². The van der Waals surface area contributed by atoms with Gasteiger partial charge >= 0.3 is 12.4 Å². The number of para-hydroxylation sites is 1. The van der Waals surface area contributed by atoms with Gasteiger partial charge in [0, 0.05) is 18.8 Å². The molecule has 0 spiro atoms. The Balaban J connectivity index is 1.83. The molecule has 0 aliphatic carbocycles. The summed E-state index contributed by atoms with van der Waals surface area (Å²) in [6, 6.07) is 13.7. The molecular weight excluding hydrogens is 337 g/mol. The number of anilines is 1. The van der Waals surface area contributed by atoms with E-state index in [1.165, 1.54) is 17.0 Å². The van der Waals surface area contributed by atoms with Gasteiger partial charge < -0.3 is 19.7 Å². The zero-order valence-corrected chi connectivity index (χ0v) is 13.4. The number of urea groups is 1. The van der Waals surface area contributed by atoms with Crippen molar-refractivity contribution in [2.24, 2.45) is 0 Å². The number of carbonyl (C=O) groups is 1. The van der Waals surface area contributed by atoms with Crippen molar-refractivity contribution < 1.29 is 27.4 Å². The van der Waals surface area contributed by atoms with Crippen molar-refractivity contribution in [3.63, 3.8) is 0 Å². The van der Waals surface area contributed by atoms with Crippen LogP contribution in [0.2, 0.25) is 0 Å². The second kappa shape index (κ2) is 8.27. The number of amides is 2. The predicted molar refractivity (Wildman–Crippen MR) is 86.7 cm³/mol. The quantitative estimate of drug-likeness (QED) is 0.849. The zero-order chi connectivity index (χ0) is 18.3. The third kappa shape index (κ3) is 6.62. The Morgan fingerprint density at radius 1 is 1.08 bits per heavy atom. The van der Waals surface area contributed by atoms with Crippen LogP contribution < -0.4 is 14.8 Å². The minimum atomic E-state index is -4.78. The Kier molecular flexibility index (Phi) is 6.10. The van der Waals surface area contributed by atoms with E-state index in [1.54, 1.807) is 19.2 Å². The average molecular weight is 354 g/mol. The van der Waals surface area contributed by atoms with E-state index < -0.39 is 18.1 Å². The highest BCUT2D eigenvalue weighted by Gasteiger charge is 2.31. The highest BCUT2D eigenvalue weighted by atomic mass is 19.4. The highest BCUT2D eigenvalue weighted by Crippen LogP contribution is 2.25. The molecule has 0 bridgehead atoms. The molecule has 25 heavy (non-hydrogen) atoms. The largest absolute Gasteiger partial charge is 0.573 e. The van der Waals surface area contributed by atoms with E-state index in [0.717, 1.165) is 12.1 Å². The molecule has 0 aliphatic rings. The normalized spacial score (nSPS) is 10.9. The van der Waals surface area contributed by atoms with Crippen molar-refractivity contribution in [3.8, 4) is 11.5 Å². The number of halogens is 3. The van der Waals surface area contributed by atoms with Crippen LogP contribution in [0.15, 0.2) is 54.6 Å². The van der Waals surface area contributed by atoms with Gasteiger partial charge in [0.1, 0.15) is 18.1 Å². The van der Waals surface area contributed by atoms with Crippen LogP contribution >= 0.6 is 0 Å². The van der Waals surface area contributed by atoms with E-state index in [0.29, 0.717) is 12.3 Å². The number of likely N-dealkylation sites (N-methyl/N-ethyl adjacent to an activating group) is 1. The van der Waals surface area contributed by atoms with Crippen LogP contribution in [0.1, 0.15) is 0 Å². The smallest absolute Gasteiger partial charge is 0.492 e. The fraction of sp³-hybridized carbons (Fsp3) is 0.235. The Labute approximate surface area is 143 Å². The molecule has 0 atom stereocenters. The molecule has 0 saturated heterocycles. The van der Waals surface area contributed by atoms with E-state index in [1.807, 2.05) is 18.2 Å². The van der Waals surface area contributed by atoms with Crippen molar-refractivity contribution in [1.29, 1.82) is 0 Å². The summed E-state index contributed by atoms with van der Waals surface area (Å²) in [4.78, 5) is 13.4. The number of ether oxygens (including phenoxy) is 2. The van der Waals surface area contributed by atoms with Gasteiger partial charge in [0.15, 0.2) is 0 Å². The van der Waals surface area contributed by atoms with E-state index in [-0.39, 0.29) is 12.3 Å². The summed E-state index contributed by atoms with van der Waals surface area (Å²) >= 11 is 0. The third-order valence-electron chi connectivity index (χ3n) is 3.10. The fourth-order valence-electron chi connectivity index (χ4n) is 1.91. The average Bonchev–Trinajstić information content (AvgIpc) is 2.54. The molecule has 134 valence electrons. The van der Waals surface area contributed by atoms with Gasteiger partial charge in [-0.05, 0) is 24.3 Å². The Morgan fingerprint density at radius 3 is 2.44 bits per heavy atom. The standard InChI is InChI=1S/C17H17F3N2O3/c1-22(10-11-24-14-7-3-2-4-8-14)16(23)21-13-6-5-9-15(12-13)25-17(18,19)20/h2-9,12H,10-11H2,1H3,(H,21,23). The van der Waals surface area contributed by atoms with Gasteiger partial charge in [0.05, 0.1) is 6.54 Å². The topological polar surface area (TPSA) is 50.8 Å². The maximum Gasteiger partial charge on any atom is 0.573 e. The van der Waals surface area contributed by atoms with Crippen LogP contribution in [0.3, 0.4) is 0 Å². The summed E-state index contributed by atoms with van der Waals surface area (Å²) in [7, 11) is 1.56. The SMILES string of the molecule is CN(CCOc1ccccc1)C(=O)Nc1cccc(OC(F)(F)F)c1. The lowest BCUT2D eigenvalue weighted by molar-refractivity contribution is -0.274. The first-order valence-corrected chi connectivity index (χ1v) is 7.39. The number of alkyl halides is 3. The predicted octanol–water partition coefficient (Wildman–Crippen LogP) is 4.13. The van der Waals surface area contributed by atoms with Crippen molar-refractivity contribution in [3.05, 3.63) is 54.6 Å². The van der Waals surface area contributed by atoms with Crippen LogP contribution in [-0.2, 0) is 0 Å². The molecule has 2 aromatic carbocycles. The zero-order valence-electron chi connectivity index (χ0n) is 13.4. The summed E-state index contributed by atoms with van der Waals surface area (Å²) in [6.45, 7) is 0.588. The molecule has 0 saturated carbocycles. The molecule has 0 fully saturated rings. The Bertz CT molecular complexity index is 693. The van der Waals surface area contributed by atoms with Crippen LogP contribution in [0, 0.1) is 0 Å². The number of hydrogen-bond donors (Lipinski definition) is 1. The van der Waals surface area contributed by atoms with E-state index in [4.69, 9.17) is 4.74 Å². The van der Waals surface area contributed by atoms with Crippen molar-refractivity contribution in [2.75, 3.05) is 25.5 Å². The summed E-state index contributed by atoms with van der Waals surface area (Å²) in [6.07, 6.45) is -4.78. The minimum Gasteiger partial charge on any atom is -0.492 e.